The summed E-state index contributed by atoms with van der Waals surface area (Å²) in [7, 11) is 1.44. The minimum Gasteiger partial charge on any atom is -0.503 e. The number of ether oxygens (including phenoxy) is 1. The molecule has 0 saturated carbocycles. The van der Waals surface area contributed by atoms with Gasteiger partial charge in [0.25, 0.3) is 0 Å². The molecule has 3 N–H and O–H groups in total. The molecule has 0 bridgehead atoms. The van der Waals surface area contributed by atoms with E-state index in [1.54, 1.807) is 12.1 Å². The highest BCUT2D eigenvalue weighted by Gasteiger charge is 2.08. The zero-order chi connectivity index (χ0) is 13.0. The van der Waals surface area contributed by atoms with Crippen molar-refractivity contribution in [1.82, 2.24) is 0 Å². The Kier molecular flexibility index (Phi) is 4.49. The topological polar surface area (TPSA) is 79.3 Å². The van der Waals surface area contributed by atoms with E-state index in [9.17, 15) is 5.11 Å². The monoisotopic (exact) mass is 312 g/mol. The number of methoxy groups -OCH3 is 1. The highest BCUT2D eigenvalue weighted by molar-refractivity contribution is 9.10. The van der Waals surface area contributed by atoms with Gasteiger partial charge in [-0.05, 0) is 39.7 Å². The first-order valence-electron chi connectivity index (χ1n) is 4.47. The largest absolute Gasteiger partial charge is 0.503 e. The Hall–Kier alpha value is -1.58. The lowest BCUT2D eigenvalue weighted by molar-refractivity contribution is 0.372. The number of nitriles is 1. The third-order valence-corrected chi connectivity index (χ3v) is 2.79. The standard InChI is InChI=1S/C11H9BrN2O2S/c1-16-9-4-6(3-8(12)10(9)15)2-7(5-13)11(14)17/h2-4,15H,1H3,(H2,14,17)/b7-2+. The van der Waals surface area contributed by atoms with Crippen molar-refractivity contribution in [2.75, 3.05) is 7.11 Å². The van der Waals surface area contributed by atoms with Gasteiger partial charge in [0, 0.05) is 0 Å². The highest BCUT2D eigenvalue weighted by atomic mass is 79.9. The molecule has 0 amide bonds. The van der Waals surface area contributed by atoms with E-state index >= 15 is 0 Å². The van der Waals surface area contributed by atoms with Crippen molar-refractivity contribution in [2.24, 2.45) is 5.73 Å². The summed E-state index contributed by atoms with van der Waals surface area (Å²) in [5.41, 5.74) is 6.22. The minimum atomic E-state index is -0.00140. The number of hydrogen-bond acceptors (Lipinski definition) is 4. The average Bonchev–Trinajstić information content (AvgIpc) is 2.29. The Labute approximate surface area is 112 Å². The van der Waals surface area contributed by atoms with Gasteiger partial charge in [0.05, 0.1) is 17.2 Å². The van der Waals surface area contributed by atoms with Crippen LogP contribution in [0.4, 0.5) is 0 Å². The summed E-state index contributed by atoms with van der Waals surface area (Å²) in [5, 5.41) is 18.4. The third kappa shape index (κ3) is 3.19. The van der Waals surface area contributed by atoms with E-state index in [0.29, 0.717) is 15.8 Å². The number of rotatable bonds is 3. The highest BCUT2D eigenvalue weighted by Crippen LogP contribution is 2.35. The van der Waals surface area contributed by atoms with Crippen LogP contribution in [0.3, 0.4) is 0 Å². The molecule has 0 unspecified atom stereocenters. The summed E-state index contributed by atoms with van der Waals surface area (Å²) in [6, 6.07) is 5.11. The van der Waals surface area contributed by atoms with Crippen molar-refractivity contribution in [2.45, 2.75) is 0 Å². The molecular weight excluding hydrogens is 304 g/mol. The van der Waals surface area contributed by atoms with E-state index in [1.165, 1.54) is 13.2 Å². The van der Waals surface area contributed by atoms with E-state index in [2.05, 4.69) is 15.9 Å². The van der Waals surface area contributed by atoms with Crippen molar-refractivity contribution in [1.29, 1.82) is 5.26 Å². The first-order valence-corrected chi connectivity index (χ1v) is 5.67. The second kappa shape index (κ2) is 5.66. The predicted molar refractivity (Wildman–Crippen MR) is 72.7 cm³/mol. The molecule has 0 aromatic heterocycles. The summed E-state index contributed by atoms with van der Waals surface area (Å²) < 4.78 is 5.45. The molecule has 4 nitrogen and oxygen atoms in total. The fourth-order valence-corrected chi connectivity index (χ4v) is 1.72. The van der Waals surface area contributed by atoms with E-state index in [4.69, 9.17) is 28.0 Å². The molecule has 17 heavy (non-hydrogen) atoms. The van der Waals surface area contributed by atoms with Gasteiger partial charge in [-0.3, -0.25) is 0 Å². The molecule has 0 radical (unpaired) electrons. The molecule has 0 aliphatic carbocycles. The Morgan fingerprint density at radius 2 is 2.29 bits per heavy atom. The van der Waals surface area contributed by atoms with E-state index in [1.807, 2.05) is 6.07 Å². The molecule has 0 aliphatic heterocycles. The Bertz CT molecular complexity index is 535. The number of benzene rings is 1. The second-order valence-electron chi connectivity index (χ2n) is 3.09. The second-order valence-corrected chi connectivity index (χ2v) is 4.38. The molecule has 6 heteroatoms. The maximum atomic E-state index is 9.61. The number of halogens is 1. The molecule has 0 heterocycles. The van der Waals surface area contributed by atoms with Gasteiger partial charge < -0.3 is 15.6 Å². The molecule has 1 rings (SSSR count). The molecule has 0 saturated heterocycles. The molecule has 1 aromatic carbocycles. The zero-order valence-electron chi connectivity index (χ0n) is 8.90. The fourth-order valence-electron chi connectivity index (χ4n) is 1.16. The van der Waals surface area contributed by atoms with Gasteiger partial charge in [-0.15, -0.1) is 0 Å². The first-order chi connectivity index (χ1) is 7.99. The van der Waals surface area contributed by atoms with Crippen molar-refractivity contribution in [3.05, 3.63) is 27.7 Å². The number of nitrogens with zero attached hydrogens (tertiary/aromatic N) is 1. The molecular formula is C11H9BrN2O2S. The number of aromatic hydroxyl groups is 1. The SMILES string of the molecule is COc1cc(/C=C(\C#N)C(N)=S)cc(Br)c1O. The summed E-state index contributed by atoms with van der Waals surface area (Å²) in [5.74, 6) is 0.296. The lowest BCUT2D eigenvalue weighted by Gasteiger charge is -2.06. The number of nitrogens with two attached hydrogens (primary N) is 1. The molecule has 1 aromatic rings. The number of phenols is 1. The van der Waals surface area contributed by atoms with Crippen LogP contribution in [0.15, 0.2) is 22.2 Å². The Morgan fingerprint density at radius 1 is 1.65 bits per heavy atom. The van der Waals surface area contributed by atoms with E-state index in [0.717, 1.165) is 0 Å². The first kappa shape index (κ1) is 13.5. The lowest BCUT2D eigenvalue weighted by atomic mass is 10.1. The van der Waals surface area contributed by atoms with Crippen LogP contribution in [0.5, 0.6) is 11.5 Å². The van der Waals surface area contributed by atoms with Gasteiger partial charge in [-0.2, -0.15) is 5.26 Å². The van der Waals surface area contributed by atoms with Gasteiger partial charge in [0.2, 0.25) is 0 Å². The third-order valence-electron chi connectivity index (χ3n) is 1.97. The van der Waals surface area contributed by atoms with Crippen LogP contribution in [-0.2, 0) is 0 Å². The average molecular weight is 313 g/mol. The van der Waals surface area contributed by atoms with Gasteiger partial charge in [-0.25, -0.2) is 0 Å². The number of hydrogen-bond donors (Lipinski definition) is 2. The van der Waals surface area contributed by atoms with Gasteiger partial charge in [-0.1, -0.05) is 12.2 Å². The summed E-state index contributed by atoms with van der Waals surface area (Å²) in [6.45, 7) is 0. The van der Waals surface area contributed by atoms with Crippen LogP contribution < -0.4 is 10.5 Å². The summed E-state index contributed by atoms with van der Waals surface area (Å²) in [6.07, 6.45) is 1.52. The lowest BCUT2D eigenvalue weighted by Crippen LogP contribution is -2.09. The van der Waals surface area contributed by atoms with Crippen LogP contribution in [0.2, 0.25) is 0 Å². The van der Waals surface area contributed by atoms with Crippen molar-refractivity contribution >= 4 is 39.2 Å². The van der Waals surface area contributed by atoms with Crippen molar-refractivity contribution in [3.8, 4) is 17.6 Å². The van der Waals surface area contributed by atoms with Crippen LogP contribution in [-0.4, -0.2) is 17.2 Å². The maximum Gasteiger partial charge on any atom is 0.172 e. The van der Waals surface area contributed by atoms with Crippen LogP contribution in [0, 0.1) is 11.3 Å². The maximum absolute atomic E-state index is 9.61. The van der Waals surface area contributed by atoms with Gasteiger partial charge >= 0.3 is 0 Å². The van der Waals surface area contributed by atoms with Crippen LogP contribution in [0.25, 0.3) is 6.08 Å². The molecule has 0 atom stereocenters. The normalized spacial score (nSPS) is 10.8. The molecule has 0 aliphatic rings. The number of thiocarbonyl (C=S) groups is 1. The summed E-state index contributed by atoms with van der Waals surface area (Å²) >= 11 is 7.91. The van der Waals surface area contributed by atoms with Crippen LogP contribution >= 0.6 is 28.1 Å². The molecule has 0 fully saturated rings. The Morgan fingerprint density at radius 3 is 2.76 bits per heavy atom. The van der Waals surface area contributed by atoms with Crippen molar-refractivity contribution < 1.29 is 9.84 Å². The number of phenolic OH excluding ortho intramolecular Hbond substituents is 1. The predicted octanol–water partition coefficient (Wildman–Crippen LogP) is 2.36. The van der Waals surface area contributed by atoms with E-state index in [-0.39, 0.29) is 16.3 Å². The zero-order valence-corrected chi connectivity index (χ0v) is 11.3. The van der Waals surface area contributed by atoms with Crippen LogP contribution in [0.1, 0.15) is 5.56 Å². The smallest absolute Gasteiger partial charge is 0.172 e. The van der Waals surface area contributed by atoms with Gasteiger partial charge in [0.15, 0.2) is 11.5 Å². The van der Waals surface area contributed by atoms with Gasteiger partial charge in [0.1, 0.15) is 11.1 Å². The molecule has 88 valence electrons. The Balaban J connectivity index is 3.30. The minimum absolute atomic E-state index is 0.00140. The quantitative estimate of drug-likeness (QED) is 0.509. The van der Waals surface area contributed by atoms with E-state index < -0.39 is 0 Å². The fraction of sp³-hybridized carbons (Fsp3) is 0.0909. The van der Waals surface area contributed by atoms with Crippen molar-refractivity contribution in [3.63, 3.8) is 0 Å². The molecule has 0 spiro atoms. The summed E-state index contributed by atoms with van der Waals surface area (Å²) in [4.78, 5) is 0.0238.